The Balaban J connectivity index is 2.10. The van der Waals surface area contributed by atoms with Crippen molar-refractivity contribution in [2.75, 3.05) is 6.61 Å². The first kappa shape index (κ1) is 11.2. The first-order valence-corrected chi connectivity index (χ1v) is 8.79. The van der Waals surface area contributed by atoms with Crippen molar-refractivity contribution in [3.8, 4) is 0 Å². The van der Waals surface area contributed by atoms with Crippen molar-refractivity contribution in [3.63, 3.8) is 0 Å². The molecule has 3 nitrogen and oxygen atoms in total. The van der Waals surface area contributed by atoms with Crippen molar-refractivity contribution < 1.29 is 4.74 Å². The van der Waals surface area contributed by atoms with Crippen LogP contribution in [0.3, 0.4) is 0 Å². The van der Waals surface area contributed by atoms with Crippen LogP contribution in [-0.4, -0.2) is 14.7 Å². The zero-order valence-corrected chi connectivity index (χ0v) is 10.3. The molecule has 0 fully saturated rings. The predicted molar refractivity (Wildman–Crippen MR) is 62.2 cm³/mol. The third kappa shape index (κ3) is 4.96. The summed E-state index contributed by atoms with van der Waals surface area (Å²) in [6.45, 7) is 7.98. The van der Waals surface area contributed by atoms with Gasteiger partial charge in [-0.1, -0.05) is 25.7 Å². The van der Waals surface area contributed by atoms with Crippen LogP contribution in [0.1, 0.15) is 6.42 Å². The standard InChI is InChI=1S/C10H20N2OSi/c1-14(2,3)8-4-7-13-10-5-6-11-12-9-10/h5-6,9,11-12H,4,7-8H2,1-3H3. The van der Waals surface area contributed by atoms with Crippen molar-refractivity contribution in [1.29, 1.82) is 0 Å². The number of ether oxygens (including phenoxy) is 1. The summed E-state index contributed by atoms with van der Waals surface area (Å²) in [7, 11) is -0.889. The van der Waals surface area contributed by atoms with Gasteiger partial charge in [0.05, 0.1) is 12.8 Å². The molecular formula is C10H20N2OSi. The van der Waals surface area contributed by atoms with Crippen LogP contribution in [0, 0.1) is 0 Å². The lowest BCUT2D eigenvalue weighted by atomic mass is 10.4. The fourth-order valence-electron chi connectivity index (χ4n) is 1.22. The van der Waals surface area contributed by atoms with E-state index in [0.29, 0.717) is 0 Å². The number of allylic oxidation sites excluding steroid dienone is 1. The van der Waals surface area contributed by atoms with Gasteiger partial charge in [0.15, 0.2) is 0 Å². The zero-order chi connectivity index (χ0) is 10.4. The summed E-state index contributed by atoms with van der Waals surface area (Å²) >= 11 is 0. The van der Waals surface area contributed by atoms with Crippen LogP contribution in [-0.2, 0) is 4.74 Å². The second-order valence-electron chi connectivity index (χ2n) is 4.68. The molecule has 1 aliphatic rings. The molecule has 0 amide bonds. The lowest BCUT2D eigenvalue weighted by molar-refractivity contribution is 0.220. The molecule has 1 rings (SSSR count). The Morgan fingerprint density at radius 2 is 2.07 bits per heavy atom. The van der Waals surface area contributed by atoms with Crippen molar-refractivity contribution in [2.45, 2.75) is 32.1 Å². The SMILES string of the molecule is C[Si](C)(C)CCCOC1=CNNC=C1. The van der Waals surface area contributed by atoms with Gasteiger partial charge in [-0.05, 0) is 12.5 Å². The number of rotatable bonds is 5. The summed E-state index contributed by atoms with van der Waals surface area (Å²) in [6, 6.07) is 1.33. The smallest absolute Gasteiger partial charge is 0.138 e. The van der Waals surface area contributed by atoms with Gasteiger partial charge in [-0.15, -0.1) is 0 Å². The molecule has 0 aliphatic carbocycles. The number of hydrazine groups is 1. The molecule has 0 aromatic rings. The molecule has 0 aromatic heterocycles. The van der Waals surface area contributed by atoms with Gasteiger partial charge in [0.25, 0.3) is 0 Å². The summed E-state index contributed by atoms with van der Waals surface area (Å²) < 4.78 is 5.57. The average Bonchev–Trinajstić information content (AvgIpc) is 2.13. The van der Waals surface area contributed by atoms with Crippen LogP contribution in [0.4, 0.5) is 0 Å². The highest BCUT2D eigenvalue weighted by molar-refractivity contribution is 6.76. The van der Waals surface area contributed by atoms with E-state index in [-0.39, 0.29) is 0 Å². The largest absolute Gasteiger partial charge is 0.492 e. The van der Waals surface area contributed by atoms with E-state index < -0.39 is 8.07 Å². The predicted octanol–water partition coefficient (Wildman–Crippen LogP) is 2.19. The van der Waals surface area contributed by atoms with E-state index in [1.807, 2.05) is 18.5 Å². The maximum atomic E-state index is 5.57. The van der Waals surface area contributed by atoms with Crippen molar-refractivity contribution >= 4 is 8.07 Å². The maximum absolute atomic E-state index is 5.57. The number of nitrogens with one attached hydrogen (secondary N) is 2. The van der Waals surface area contributed by atoms with Crippen molar-refractivity contribution in [2.24, 2.45) is 0 Å². The van der Waals surface area contributed by atoms with Gasteiger partial charge < -0.3 is 15.6 Å². The van der Waals surface area contributed by atoms with Gasteiger partial charge in [0.1, 0.15) is 5.76 Å². The minimum Gasteiger partial charge on any atom is -0.492 e. The molecular weight excluding hydrogens is 192 g/mol. The normalized spacial score (nSPS) is 15.5. The first-order chi connectivity index (χ1) is 6.58. The van der Waals surface area contributed by atoms with Gasteiger partial charge in [-0.2, -0.15) is 0 Å². The Bertz CT molecular complexity index is 231. The van der Waals surface area contributed by atoms with Crippen molar-refractivity contribution in [3.05, 3.63) is 24.2 Å². The highest BCUT2D eigenvalue weighted by atomic mass is 28.3. The Kier molecular flexibility index (Phi) is 4.07. The van der Waals surface area contributed by atoms with Crippen LogP contribution in [0.5, 0.6) is 0 Å². The van der Waals surface area contributed by atoms with E-state index in [1.165, 1.54) is 6.04 Å². The van der Waals surface area contributed by atoms with Gasteiger partial charge in [-0.25, -0.2) is 0 Å². The minimum atomic E-state index is -0.889. The topological polar surface area (TPSA) is 33.3 Å². The molecule has 4 heteroatoms. The fraction of sp³-hybridized carbons (Fsp3) is 0.600. The quantitative estimate of drug-likeness (QED) is 0.541. The second kappa shape index (κ2) is 5.10. The molecule has 0 bridgehead atoms. The van der Waals surface area contributed by atoms with E-state index in [1.54, 1.807) is 0 Å². The molecule has 80 valence electrons. The fourth-order valence-corrected chi connectivity index (χ4v) is 2.42. The van der Waals surface area contributed by atoms with E-state index in [4.69, 9.17) is 4.74 Å². The van der Waals surface area contributed by atoms with Gasteiger partial charge in [-0.3, -0.25) is 0 Å². The van der Waals surface area contributed by atoms with Gasteiger partial charge in [0.2, 0.25) is 0 Å². The average molecular weight is 212 g/mol. The van der Waals surface area contributed by atoms with Crippen LogP contribution in [0.15, 0.2) is 24.2 Å². The monoisotopic (exact) mass is 212 g/mol. The minimum absolute atomic E-state index is 0.822. The molecule has 0 saturated heterocycles. The van der Waals surface area contributed by atoms with Gasteiger partial charge >= 0.3 is 0 Å². The number of hydrogen-bond donors (Lipinski definition) is 2. The van der Waals surface area contributed by atoms with Crippen LogP contribution < -0.4 is 10.9 Å². The molecule has 0 spiro atoms. The number of hydrogen-bond acceptors (Lipinski definition) is 3. The molecule has 0 aromatic carbocycles. The Morgan fingerprint density at radius 3 is 2.64 bits per heavy atom. The Hall–Kier alpha value is -0.903. The lowest BCUT2D eigenvalue weighted by Crippen LogP contribution is -2.24. The van der Waals surface area contributed by atoms with Crippen LogP contribution >= 0.6 is 0 Å². The highest BCUT2D eigenvalue weighted by Gasteiger charge is 2.11. The van der Waals surface area contributed by atoms with Crippen LogP contribution in [0.2, 0.25) is 25.7 Å². The maximum Gasteiger partial charge on any atom is 0.138 e. The Labute approximate surface area is 87.2 Å². The molecule has 2 N–H and O–H groups in total. The summed E-state index contributed by atoms with van der Waals surface area (Å²) in [6.07, 6.45) is 6.74. The summed E-state index contributed by atoms with van der Waals surface area (Å²) in [5.41, 5.74) is 5.73. The van der Waals surface area contributed by atoms with Gasteiger partial charge in [0, 0.05) is 14.3 Å². The third-order valence-electron chi connectivity index (χ3n) is 1.97. The van der Waals surface area contributed by atoms with E-state index in [9.17, 15) is 0 Å². The summed E-state index contributed by atoms with van der Waals surface area (Å²) in [4.78, 5) is 0. The van der Waals surface area contributed by atoms with E-state index in [0.717, 1.165) is 18.8 Å². The molecule has 1 aliphatic heterocycles. The summed E-state index contributed by atoms with van der Waals surface area (Å²) in [5.74, 6) is 0.902. The molecule has 0 atom stereocenters. The highest BCUT2D eigenvalue weighted by Crippen LogP contribution is 2.12. The van der Waals surface area contributed by atoms with Crippen LogP contribution in [0.25, 0.3) is 0 Å². The molecule has 0 radical (unpaired) electrons. The molecule has 0 saturated carbocycles. The summed E-state index contributed by atoms with van der Waals surface area (Å²) in [5, 5.41) is 0. The molecule has 0 unspecified atom stereocenters. The van der Waals surface area contributed by atoms with Crippen molar-refractivity contribution in [1.82, 2.24) is 10.9 Å². The van der Waals surface area contributed by atoms with E-state index in [2.05, 4.69) is 30.5 Å². The van der Waals surface area contributed by atoms with E-state index >= 15 is 0 Å². The third-order valence-corrected chi connectivity index (χ3v) is 3.82. The molecule has 1 heterocycles. The Morgan fingerprint density at radius 1 is 1.29 bits per heavy atom. The lowest BCUT2D eigenvalue weighted by Gasteiger charge is -2.16. The zero-order valence-electron chi connectivity index (χ0n) is 9.26. The first-order valence-electron chi connectivity index (χ1n) is 5.08. The second-order valence-corrected chi connectivity index (χ2v) is 10.3. The molecule has 14 heavy (non-hydrogen) atoms.